The third-order valence-corrected chi connectivity index (χ3v) is 0. The summed E-state index contributed by atoms with van der Waals surface area (Å²) in [5.41, 5.74) is 0. The van der Waals surface area contributed by atoms with Gasteiger partial charge in [-0.1, -0.05) is 0 Å². The molecule has 0 radical (unpaired) electrons. The second-order valence-electron chi connectivity index (χ2n) is 1.03. The summed E-state index contributed by atoms with van der Waals surface area (Å²) >= 11 is 0. The van der Waals surface area contributed by atoms with Crippen molar-refractivity contribution in [1.29, 1.82) is 0 Å². The summed E-state index contributed by atoms with van der Waals surface area (Å²) in [5, 5.41) is 0. The van der Waals surface area contributed by atoms with Crippen LogP contribution in [0.5, 0.6) is 0 Å². The van der Waals surface area contributed by atoms with Crippen molar-refractivity contribution in [2.24, 2.45) is 0 Å². The van der Waals surface area contributed by atoms with E-state index in [1.54, 1.807) is 0 Å². The Hall–Kier alpha value is 2.40. The minimum absolute atomic E-state index is 0. The number of rotatable bonds is 0. The zero-order chi connectivity index (χ0) is 9.00. The predicted octanol–water partition coefficient (Wildman–Crippen LogP) is -4.57. The molecule has 0 unspecified atom stereocenters. The minimum Gasteiger partial charge on any atom is -1.00 e. The summed E-state index contributed by atoms with van der Waals surface area (Å²) < 4.78 is 17.8. The fourth-order valence-corrected chi connectivity index (χ4v) is 0. The molecule has 0 rings (SSSR count). The summed E-state index contributed by atoms with van der Waals surface area (Å²) in [6, 6.07) is 0. The molecule has 0 aromatic rings. The van der Waals surface area contributed by atoms with Crippen molar-refractivity contribution in [1.82, 2.24) is 12.3 Å². The molecule has 12 N–H and O–H groups in total. The number of phosphoric acid groups is 2. The Kier molecular flexibility index (Phi) is 39.6. The fourth-order valence-electron chi connectivity index (χ4n) is 0. The molecule has 0 spiro atoms. The minimum atomic E-state index is -4.64. The van der Waals surface area contributed by atoms with Crippen LogP contribution in [0.25, 0.3) is 0 Å². The van der Waals surface area contributed by atoms with Gasteiger partial charge in [0, 0.05) is 0 Å². The summed E-state index contributed by atoms with van der Waals surface area (Å²) in [4.78, 5) is 43.1. The van der Waals surface area contributed by atoms with Gasteiger partial charge in [-0.2, -0.15) is 0 Å². The fraction of sp³-hybridized carbons (Fsp3) is 0. The molecule has 0 bridgehead atoms. The quantitative estimate of drug-likeness (QED) is 0.157. The molecule has 14 heteroatoms. The Balaban J connectivity index is -0.00000000762. The van der Waals surface area contributed by atoms with E-state index in [1.165, 1.54) is 0 Å². The molecule has 0 amide bonds. The molecule has 10 nitrogen and oxygen atoms in total. The van der Waals surface area contributed by atoms with Crippen LogP contribution in [0.1, 0.15) is 4.28 Å². The van der Waals surface area contributed by atoms with Gasteiger partial charge in [-0.05, 0) is 0 Å². The molecule has 0 aliphatic rings. The van der Waals surface area contributed by atoms with Crippen LogP contribution in [-0.2, 0) is 9.13 Å². The molecule has 0 aliphatic heterocycles. The van der Waals surface area contributed by atoms with E-state index < -0.39 is 15.6 Å². The van der Waals surface area contributed by atoms with Gasteiger partial charge in [0.2, 0.25) is 0 Å². The van der Waals surface area contributed by atoms with Gasteiger partial charge in [0.05, 0.1) is 0 Å². The van der Waals surface area contributed by atoms with Crippen molar-refractivity contribution >= 4 is 53.4 Å². The summed E-state index contributed by atoms with van der Waals surface area (Å²) in [6.45, 7) is 0. The van der Waals surface area contributed by atoms with Crippen LogP contribution >= 0.6 is 15.6 Å². The van der Waals surface area contributed by atoms with Crippen molar-refractivity contribution in [2.45, 2.75) is 0 Å². The Bertz CT molecular complexity index is 149. The Labute approximate surface area is 136 Å². The van der Waals surface area contributed by atoms with E-state index in [2.05, 4.69) is 0 Å². The molecule has 14 heavy (non-hydrogen) atoms. The van der Waals surface area contributed by atoms with Gasteiger partial charge in [0.1, 0.15) is 0 Å². The van der Waals surface area contributed by atoms with E-state index in [-0.39, 0.29) is 83.9 Å². The first-order chi connectivity index (χ1) is 4.00. The average Bonchev–Trinajstić information content (AvgIpc) is 1.12. The van der Waals surface area contributed by atoms with Gasteiger partial charge in [0.25, 0.3) is 0 Å². The van der Waals surface area contributed by atoms with E-state index >= 15 is 0 Å². The molecule has 0 aromatic heterocycles. The largest absolute Gasteiger partial charge is 2.00 e. The third kappa shape index (κ3) is 449. The van der Waals surface area contributed by atoms with E-state index in [1.807, 2.05) is 0 Å². The smallest absolute Gasteiger partial charge is 1.00 e. The van der Waals surface area contributed by atoms with Gasteiger partial charge < -0.3 is 45.9 Å². The van der Waals surface area contributed by atoms with Gasteiger partial charge in [-0.25, -0.2) is 9.13 Å². The molecule has 0 aromatic carbocycles. The van der Waals surface area contributed by atoms with Crippen LogP contribution in [0.2, 0.25) is 0 Å². The first-order valence-corrected chi connectivity index (χ1v) is 4.70. The van der Waals surface area contributed by atoms with E-state index in [4.69, 9.17) is 38.5 Å². The normalized spacial score (nSPS) is 8.43. The van der Waals surface area contributed by atoms with Crippen LogP contribution in [0, 0.1) is 0 Å². The zero-order valence-corrected chi connectivity index (χ0v) is 13.5. The number of hydrogen-bond donors (Lipinski definition) is 8. The van der Waals surface area contributed by atoms with Crippen LogP contribution in [0.3, 0.4) is 0 Å². The van der Waals surface area contributed by atoms with Crippen molar-refractivity contribution < 1.29 is 72.3 Å². The van der Waals surface area contributed by atoms with E-state index in [0.717, 1.165) is 0 Å². The molecular weight excluding hydrogens is 281 g/mol. The standard InChI is InChI=1S/Ca.2H3N.Na.2H3O4P.3H/c;;;;2*1-5(2,3)4;;;/h;2*1H3;;2*(H3,1,2,3,4);;;/q+2;;;+1;;;3*-1. The van der Waals surface area contributed by atoms with Crippen molar-refractivity contribution in [3.05, 3.63) is 0 Å². The van der Waals surface area contributed by atoms with Gasteiger partial charge in [-0.3, -0.25) is 0 Å². The molecule has 0 saturated carbocycles. The molecular formula is H15CaN2NaO8P2. The summed E-state index contributed by atoms with van der Waals surface area (Å²) in [7, 11) is -9.28. The Morgan fingerprint density at radius 1 is 0.714 bits per heavy atom. The van der Waals surface area contributed by atoms with Gasteiger partial charge in [0.15, 0.2) is 0 Å². The maximum absolute atomic E-state index is 8.88. The second-order valence-corrected chi connectivity index (χ2v) is 3.08. The molecule has 86 valence electrons. The zero-order valence-electron chi connectivity index (χ0n) is 10.5. The van der Waals surface area contributed by atoms with Crippen LogP contribution in [0.4, 0.5) is 0 Å². The van der Waals surface area contributed by atoms with Crippen molar-refractivity contribution in [3.63, 3.8) is 0 Å². The molecule has 0 atom stereocenters. The monoisotopic (exact) mass is 296 g/mol. The third-order valence-electron chi connectivity index (χ3n) is 0. The Morgan fingerprint density at radius 3 is 0.714 bits per heavy atom. The maximum atomic E-state index is 8.88. The van der Waals surface area contributed by atoms with E-state index in [0.29, 0.717) is 0 Å². The van der Waals surface area contributed by atoms with Crippen LogP contribution in [0.15, 0.2) is 0 Å². The molecule has 0 heterocycles. The molecule has 0 fully saturated rings. The van der Waals surface area contributed by atoms with Gasteiger partial charge >= 0.3 is 82.9 Å². The van der Waals surface area contributed by atoms with E-state index in [9.17, 15) is 0 Å². The summed E-state index contributed by atoms with van der Waals surface area (Å²) in [5.74, 6) is 0. The second kappa shape index (κ2) is 15.4. The van der Waals surface area contributed by atoms with Crippen LogP contribution in [-0.4, -0.2) is 67.1 Å². The number of hydrogen-bond acceptors (Lipinski definition) is 4. The van der Waals surface area contributed by atoms with Crippen molar-refractivity contribution in [3.8, 4) is 0 Å². The first-order valence-electron chi connectivity index (χ1n) is 1.57. The summed E-state index contributed by atoms with van der Waals surface area (Å²) in [6.07, 6.45) is 0. The van der Waals surface area contributed by atoms with Crippen LogP contribution < -0.4 is 41.9 Å². The SMILES string of the molecule is N.N.O=P(O)(O)O.O=P(O)(O)O.[Ca+2].[H-].[H-].[H-].[Na+]. The average molecular weight is 296 g/mol. The maximum Gasteiger partial charge on any atom is 2.00 e. The topological polar surface area (TPSA) is 226 Å². The van der Waals surface area contributed by atoms with Crippen molar-refractivity contribution in [2.75, 3.05) is 0 Å². The van der Waals surface area contributed by atoms with Gasteiger partial charge in [-0.15, -0.1) is 0 Å². The molecule has 0 saturated heterocycles. The predicted molar refractivity (Wildman–Crippen MR) is 47.7 cm³/mol. The Morgan fingerprint density at radius 2 is 0.714 bits per heavy atom. The molecule has 0 aliphatic carbocycles. The first kappa shape index (κ1) is 36.0.